The van der Waals surface area contributed by atoms with Crippen molar-refractivity contribution < 1.29 is 9.59 Å². The Hall–Kier alpha value is -0.740. The SMILES string of the molecule is CCC(C)(C)CC(C)(C=O)C(N)(N)C=O. The molecule has 0 heterocycles. The second kappa shape index (κ2) is 4.41. The van der Waals surface area contributed by atoms with E-state index in [0.717, 1.165) is 6.42 Å². The summed E-state index contributed by atoms with van der Waals surface area (Å²) < 4.78 is 0. The molecule has 1 atom stereocenters. The van der Waals surface area contributed by atoms with E-state index >= 15 is 0 Å². The lowest BCUT2D eigenvalue weighted by Gasteiger charge is -2.40. The Kier molecular flexibility index (Phi) is 4.19. The second-order valence-electron chi connectivity index (χ2n) is 5.28. The van der Waals surface area contributed by atoms with Crippen LogP contribution in [0.3, 0.4) is 0 Å². The van der Waals surface area contributed by atoms with Gasteiger partial charge in [0.15, 0.2) is 6.29 Å². The van der Waals surface area contributed by atoms with Crippen molar-refractivity contribution in [2.45, 2.75) is 46.2 Å². The topological polar surface area (TPSA) is 86.2 Å². The summed E-state index contributed by atoms with van der Waals surface area (Å²) >= 11 is 0. The van der Waals surface area contributed by atoms with E-state index in [4.69, 9.17) is 11.5 Å². The van der Waals surface area contributed by atoms with Crippen LogP contribution < -0.4 is 11.5 Å². The highest BCUT2D eigenvalue weighted by Gasteiger charge is 2.45. The zero-order chi connectivity index (χ0) is 12.3. The van der Waals surface area contributed by atoms with Gasteiger partial charge >= 0.3 is 0 Å². The zero-order valence-corrected chi connectivity index (χ0v) is 10.0. The molecule has 4 nitrogen and oxygen atoms in total. The van der Waals surface area contributed by atoms with Gasteiger partial charge in [-0.15, -0.1) is 0 Å². The van der Waals surface area contributed by atoms with Gasteiger partial charge < -0.3 is 16.3 Å². The molecule has 1 unspecified atom stereocenters. The third kappa shape index (κ3) is 3.11. The van der Waals surface area contributed by atoms with Crippen LogP contribution in [0.2, 0.25) is 0 Å². The minimum atomic E-state index is -1.60. The van der Waals surface area contributed by atoms with E-state index in [0.29, 0.717) is 19.0 Å². The molecular formula is C11H22N2O2. The van der Waals surface area contributed by atoms with Crippen molar-refractivity contribution in [1.29, 1.82) is 0 Å². The Morgan fingerprint density at radius 1 is 1.07 bits per heavy atom. The summed E-state index contributed by atoms with van der Waals surface area (Å²) in [7, 11) is 0. The normalized spacial score (nSPS) is 16.9. The van der Waals surface area contributed by atoms with E-state index in [-0.39, 0.29) is 5.41 Å². The number of nitrogens with two attached hydrogens (primary N) is 2. The number of aldehydes is 2. The van der Waals surface area contributed by atoms with Gasteiger partial charge in [0.2, 0.25) is 0 Å². The lowest BCUT2D eigenvalue weighted by atomic mass is 9.67. The highest BCUT2D eigenvalue weighted by molar-refractivity contribution is 5.75. The summed E-state index contributed by atoms with van der Waals surface area (Å²) in [5.41, 5.74) is 8.61. The first-order valence-corrected chi connectivity index (χ1v) is 5.14. The quantitative estimate of drug-likeness (QED) is 0.506. The molecule has 0 aromatic heterocycles. The zero-order valence-electron chi connectivity index (χ0n) is 10.0. The molecule has 0 saturated carbocycles. The average molecular weight is 214 g/mol. The fourth-order valence-corrected chi connectivity index (χ4v) is 1.55. The molecule has 0 amide bonds. The van der Waals surface area contributed by atoms with Crippen molar-refractivity contribution in [2.75, 3.05) is 0 Å². The molecular weight excluding hydrogens is 192 g/mol. The van der Waals surface area contributed by atoms with Crippen LogP contribution in [-0.4, -0.2) is 18.2 Å². The molecule has 4 N–H and O–H groups in total. The van der Waals surface area contributed by atoms with Crippen molar-refractivity contribution in [2.24, 2.45) is 22.3 Å². The second-order valence-corrected chi connectivity index (χ2v) is 5.28. The van der Waals surface area contributed by atoms with Crippen LogP contribution in [0.25, 0.3) is 0 Å². The largest absolute Gasteiger partial charge is 0.307 e. The standard InChI is InChI=1S/C11H22N2O2/c1-5-9(2,3)6-10(4,7-14)11(12,13)8-15/h7-8H,5-6,12-13H2,1-4H3. The van der Waals surface area contributed by atoms with Gasteiger partial charge in [-0.1, -0.05) is 27.2 Å². The van der Waals surface area contributed by atoms with Gasteiger partial charge in [0, 0.05) is 0 Å². The highest BCUT2D eigenvalue weighted by Crippen LogP contribution is 2.38. The van der Waals surface area contributed by atoms with Crippen LogP contribution in [-0.2, 0) is 9.59 Å². The smallest absolute Gasteiger partial charge is 0.155 e. The van der Waals surface area contributed by atoms with Crippen LogP contribution in [0, 0.1) is 10.8 Å². The highest BCUT2D eigenvalue weighted by atomic mass is 16.1. The van der Waals surface area contributed by atoms with Crippen LogP contribution >= 0.6 is 0 Å². The van der Waals surface area contributed by atoms with E-state index in [1.807, 2.05) is 20.8 Å². The number of carbonyl (C=O) groups excluding carboxylic acids is 2. The van der Waals surface area contributed by atoms with E-state index in [2.05, 4.69) is 0 Å². The molecule has 0 spiro atoms. The Labute approximate surface area is 91.4 Å². The molecule has 0 aliphatic heterocycles. The first kappa shape index (κ1) is 14.3. The molecule has 0 rings (SSSR count). The van der Waals surface area contributed by atoms with Crippen LogP contribution in [0.15, 0.2) is 0 Å². The van der Waals surface area contributed by atoms with Crippen molar-refractivity contribution in [3.05, 3.63) is 0 Å². The van der Waals surface area contributed by atoms with Crippen molar-refractivity contribution in [3.8, 4) is 0 Å². The van der Waals surface area contributed by atoms with Gasteiger partial charge in [-0.3, -0.25) is 4.79 Å². The Morgan fingerprint density at radius 3 is 1.80 bits per heavy atom. The van der Waals surface area contributed by atoms with Crippen LogP contribution in [0.1, 0.15) is 40.5 Å². The van der Waals surface area contributed by atoms with Crippen molar-refractivity contribution >= 4 is 12.6 Å². The minimum Gasteiger partial charge on any atom is -0.307 e. The van der Waals surface area contributed by atoms with Crippen molar-refractivity contribution in [1.82, 2.24) is 0 Å². The monoisotopic (exact) mass is 214 g/mol. The van der Waals surface area contributed by atoms with Gasteiger partial charge in [0.05, 0.1) is 5.41 Å². The molecule has 0 aromatic carbocycles. The maximum Gasteiger partial charge on any atom is 0.155 e. The maximum atomic E-state index is 11.1. The fourth-order valence-electron chi connectivity index (χ4n) is 1.55. The summed E-state index contributed by atoms with van der Waals surface area (Å²) in [5.74, 6) is 0. The Morgan fingerprint density at radius 2 is 1.53 bits per heavy atom. The lowest BCUT2D eigenvalue weighted by molar-refractivity contribution is -0.128. The molecule has 0 aliphatic carbocycles. The Balaban J connectivity index is 5.04. The molecule has 0 radical (unpaired) electrons. The molecule has 4 heteroatoms. The molecule has 15 heavy (non-hydrogen) atoms. The first-order chi connectivity index (χ1) is 6.64. The minimum absolute atomic E-state index is 0.0668. The average Bonchev–Trinajstić information content (AvgIpc) is 2.16. The van der Waals surface area contributed by atoms with Crippen molar-refractivity contribution in [3.63, 3.8) is 0 Å². The van der Waals surface area contributed by atoms with Crippen LogP contribution in [0.4, 0.5) is 0 Å². The summed E-state index contributed by atoms with van der Waals surface area (Å²) in [6.45, 7) is 7.71. The van der Waals surface area contributed by atoms with E-state index in [1.54, 1.807) is 6.92 Å². The summed E-state index contributed by atoms with van der Waals surface area (Å²) in [6.07, 6.45) is 2.53. The number of rotatable bonds is 6. The third-order valence-corrected chi connectivity index (χ3v) is 3.25. The van der Waals surface area contributed by atoms with Gasteiger partial charge in [0.25, 0.3) is 0 Å². The predicted molar refractivity (Wildman–Crippen MR) is 60.0 cm³/mol. The van der Waals surface area contributed by atoms with E-state index < -0.39 is 11.1 Å². The van der Waals surface area contributed by atoms with Crippen LogP contribution in [0.5, 0.6) is 0 Å². The number of hydrogen-bond donors (Lipinski definition) is 2. The van der Waals surface area contributed by atoms with E-state index in [9.17, 15) is 9.59 Å². The molecule has 0 fully saturated rings. The molecule has 0 bridgehead atoms. The third-order valence-electron chi connectivity index (χ3n) is 3.25. The maximum absolute atomic E-state index is 11.1. The van der Waals surface area contributed by atoms with Gasteiger partial charge in [-0.2, -0.15) is 0 Å². The predicted octanol–water partition coefficient (Wildman–Crippen LogP) is 0.830. The molecule has 0 aliphatic rings. The summed E-state index contributed by atoms with van der Waals surface area (Å²) in [5, 5.41) is 0. The fraction of sp³-hybridized carbons (Fsp3) is 0.818. The van der Waals surface area contributed by atoms with Gasteiger partial charge in [0.1, 0.15) is 11.9 Å². The molecule has 0 saturated heterocycles. The Bertz CT molecular complexity index is 249. The first-order valence-electron chi connectivity index (χ1n) is 5.14. The lowest BCUT2D eigenvalue weighted by Crippen LogP contribution is -2.64. The summed E-state index contributed by atoms with van der Waals surface area (Å²) in [4.78, 5) is 21.9. The van der Waals surface area contributed by atoms with E-state index in [1.165, 1.54) is 0 Å². The number of carbonyl (C=O) groups is 2. The van der Waals surface area contributed by atoms with Gasteiger partial charge in [-0.05, 0) is 18.8 Å². The number of hydrogen-bond acceptors (Lipinski definition) is 4. The molecule has 88 valence electrons. The molecule has 0 aromatic rings. The summed E-state index contributed by atoms with van der Waals surface area (Å²) in [6, 6.07) is 0. The van der Waals surface area contributed by atoms with Gasteiger partial charge in [-0.25, -0.2) is 0 Å².